The van der Waals surface area contributed by atoms with Crippen LogP contribution < -0.4 is 9.64 Å². The Bertz CT molecular complexity index is 1010. The number of ether oxygens (including phenoxy) is 1. The van der Waals surface area contributed by atoms with Gasteiger partial charge in [-0.3, -0.25) is 4.79 Å². The molecule has 0 saturated carbocycles. The minimum atomic E-state index is -0.746. The van der Waals surface area contributed by atoms with Crippen molar-refractivity contribution in [2.45, 2.75) is 19.8 Å². The maximum absolute atomic E-state index is 11.2. The molecule has 150 valence electrons. The molecule has 0 atom stereocenters. The molecule has 1 saturated heterocycles. The van der Waals surface area contributed by atoms with E-state index in [2.05, 4.69) is 25.0 Å². The van der Waals surface area contributed by atoms with Gasteiger partial charge in [-0.05, 0) is 44.0 Å². The van der Waals surface area contributed by atoms with Crippen LogP contribution in [0.4, 0.5) is 5.82 Å². The fourth-order valence-corrected chi connectivity index (χ4v) is 3.38. The van der Waals surface area contributed by atoms with Crippen molar-refractivity contribution < 1.29 is 19.2 Å². The highest BCUT2D eigenvalue weighted by molar-refractivity contribution is 5.72. The predicted molar refractivity (Wildman–Crippen MR) is 105 cm³/mol. The molecule has 4 rings (SSSR count). The Morgan fingerprint density at radius 3 is 2.59 bits per heavy atom. The van der Waals surface area contributed by atoms with Crippen molar-refractivity contribution in [2.24, 2.45) is 5.92 Å². The summed E-state index contributed by atoms with van der Waals surface area (Å²) < 4.78 is 10.7. The first-order valence-electron chi connectivity index (χ1n) is 9.35. The van der Waals surface area contributed by atoms with Gasteiger partial charge in [-0.25, -0.2) is 9.97 Å². The van der Waals surface area contributed by atoms with Gasteiger partial charge >= 0.3 is 5.97 Å². The second-order valence-electron chi connectivity index (χ2n) is 6.91. The van der Waals surface area contributed by atoms with E-state index < -0.39 is 5.97 Å². The number of aliphatic carboxylic acids is 1. The average molecular weight is 395 g/mol. The first-order chi connectivity index (χ1) is 14.0. The number of hydrogen-bond acceptors (Lipinski definition) is 8. The zero-order chi connectivity index (χ0) is 20.4. The van der Waals surface area contributed by atoms with Gasteiger partial charge in [0, 0.05) is 24.8 Å². The number of benzene rings is 1. The molecule has 0 spiro atoms. The lowest BCUT2D eigenvalue weighted by molar-refractivity contribution is -0.142. The summed E-state index contributed by atoms with van der Waals surface area (Å²) in [6, 6.07) is 7.38. The van der Waals surface area contributed by atoms with E-state index in [9.17, 15) is 9.90 Å². The Kier molecular flexibility index (Phi) is 5.11. The van der Waals surface area contributed by atoms with Crippen LogP contribution in [0.25, 0.3) is 22.8 Å². The largest absolute Gasteiger partial charge is 0.497 e. The molecule has 1 fully saturated rings. The number of anilines is 1. The number of piperidine rings is 1. The molecule has 3 heterocycles. The van der Waals surface area contributed by atoms with Crippen LogP contribution >= 0.6 is 0 Å². The van der Waals surface area contributed by atoms with Crippen LogP contribution in [0.1, 0.15) is 18.7 Å². The quantitative estimate of drug-likeness (QED) is 0.696. The highest BCUT2D eigenvalue weighted by Crippen LogP contribution is 2.32. The Balaban J connectivity index is 1.62. The third kappa shape index (κ3) is 3.89. The summed E-state index contributed by atoms with van der Waals surface area (Å²) in [5.41, 5.74) is 1.44. The van der Waals surface area contributed by atoms with Gasteiger partial charge in [-0.15, -0.1) is 0 Å². The third-order valence-corrected chi connectivity index (χ3v) is 5.04. The van der Waals surface area contributed by atoms with Crippen LogP contribution in [-0.4, -0.2) is 51.4 Å². The molecule has 0 radical (unpaired) electrons. The monoisotopic (exact) mass is 395 g/mol. The van der Waals surface area contributed by atoms with Crippen molar-refractivity contribution >= 4 is 11.8 Å². The molecule has 9 heteroatoms. The van der Waals surface area contributed by atoms with Gasteiger partial charge in [0.2, 0.25) is 5.82 Å². The smallest absolute Gasteiger partial charge is 0.306 e. The van der Waals surface area contributed by atoms with Crippen molar-refractivity contribution in [1.29, 1.82) is 0 Å². The topological polar surface area (TPSA) is 114 Å². The van der Waals surface area contributed by atoms with E-state index >= 15 is 0 Å². The lowest BCUT2D eigenvalue weighted by atomic mass is 9.97. The number of nitrogens with zero attached hydrogens (tertiary/aromatic N) is 5. The molecule has 29 heavy (non-hydrogen) atoms. The Hall–Kier alpha value is -3.49. The standard InChI is InChI=1S/C20H21N5O4/c1-12-21-11-16(18(22-12)25-9-7-14(8-10-25)20(26)27)19-23-17(24-29-19)13-3-5-15(28-2)6-4-13/h3-6,11,14H,7-10H2,1-2H3,(H,26,27). The highest BCUT2D eigenvalue weighted by atomic mass is 16.5. The molecule has 0 unspecified atom stereocenters. The number of hydrogen-bond donors (Lipinski definition) is 1. The van der Waals surface area contributed by atoms with Crippen molar-refractivity contribution in [3.8, 4) is 28.6 Å². The molecule has 0 bridgehead atoms. The second-order valence-corrected chi connectivity index (χ2v) is 6.91. The van der Waals surface area contributed by atoms with Gasteiger partial charge in [0.15, 0.2) is 0 Å². The first kappa shape index (κ1) is 18.9. The summed E-state index contributed by atoms with van der Waals surface area (Å²) in [6.07, 6.45) is 2.81. The first-order valence-corrected chi connectivity index (χ1v) is 9.35. The van der Waals surface area contributed by atoms with E-state index in [4.69, 9.17) is 9.26 Å². The number of carboxylic acids is 1. The lowest BCUT2D eigenvalue weighted by Gasteiger charge is -2.31. The SMILES string of the molecule is COc1ccc(-c2noc(-c3cnc(C)nc3N3CCC(C(=O)O)CC3)n2)cc1. The molecule has 1 N–H and O–H groups in total. The fraction of sp³-hybridized carbons (Fsp3) is 0.350. The van der Waals surface area contributed by atoms with Crippen LogP contribution in [0.2, 0.25) is 0 Å². The minimum Gasteiger partial charge on any atom is -0.497 e. The van der Waals surface area contributed by atoms with Gasteiger partial charge in [0.25, 0.3) is 5.89 Å². The summed E-state index contributed by atoms with van der Waals surface area (Å²) in [6.45, 7) is 3.01. The molecule has 0 aliphatic carbocycles. The number of carbonyl (C=O) groups is 1. The van der Waals surface area contributed by atoms with Gasteiger partial charge < -0.3 is 19.3 Å². The van der Waals surface area contributed by atoms with E-state index in [-0.39, 0.29) is 5.92 Å². The van der Waals surface area contributed by atoms with E-state index in [1.807, 2.05) is 31.2 Å². The lowest BCUT2D eigenvalue weighted by Crippen LogP contribution is -2.37. The zero-order valence-electron chi connectivity index (χ0n) is 16.2. The molecule has 2 aromatic heterocycles. The van der Waals surface area contributed by atoms with E-state index in [1.54, 1.807) is 13.3 Å². The normalized spacial score (nSPS) is 14.8. The van der Waals surface area contributed by atoms with E-state index in [0.717, 1.165) is 11.3 Å². The molecule has 9 nitrogen and oxygen atoms in total. The van der Waals surface area contributed by atoms with Gasteiger partial charge in [0.05, 0.1) is 13.0 Å². The molecule has 1 aliphatic rings. The molecule has 1 aromatic carbocycles. The summed E-state index contributed by atoms with van der Waals surface area (Å²) in [5, 5.41) is 13.3. The van der Waals surface area contributed by atoms with Gasteiger partial charge in [-0.2, -0.15) is 4.98 Å². The predicted octanol–water partition coefficient (Wildman–Crippen LogP) is 2.81. The molecular formula is C20H21N5O4. The number of rotatable bonds is 5. The third-order valence-electron chi connectivity index (χ3n) is 5.04. The zero-order valence-corrected chi connectivity index (χ0v) is 16.2. The summed E-state index contributed by atoms with van der Waals surface area (Å²) in [5.74, 6) is 1.78. The van der Waals surface area contributed by atoms with E-state index in [0.29, 0.717) is 54.9 Å². The Morgan fingerprint density at radius 2 is 1.93 bits per heavy atom. The molecule has 3 aromatic rings. The highest BCUT2D eigenvalue weighted by Gasteiger charge is 2.28. The summed E-state index contributed by atoms with van der Waals surface area (Å²) >= 11 is 0. The fourth-order valence-electron chi connectivity index (χ4n) is 3.38. The van der Waals surface area contributed by atoms with Crippen molar-refractivity contribution in [1.82, 2.24) is 20.1 Å². The van der Waals surface area contributed by atoms with Crippen molar-refractivity contribution in [3.63, 3.8) is 0 Å². The number of carboxylic acid groups (broad SMARTS) is 1. The number of methoxy groups -OCH3 is 1. The van der Waals surface area contributed by atoms with Gasteiger partial charge in [0.1, 0.15) is 23.0 Å². The van der Waals surface area contributed by atoms with Crippen LogP contribution in [0.3, 0.4) is 0 Å². The summed E-state index contributed by atoms with van der Waals surface area (Å²) in [4.78, 5) is 26.7. The molecule has 0 amide bonds. The minimum absolute atomic E-state index is 0.317. The Labute approximate surface area is 167 Å². The van der Waals surface area contributed by atoms with Crippen molar-refractivity contribution in [3.05, 3.63) is 36.3 Å². The number of aromatic nitrogens is 4. The maximum Gasteiger partial charge on any atom is 0.306 e. The summed E-state index contributed by atoms with van der Waals surface area (Å²) in [7, 11) is 1.61. The van der Waals surface area contributed by atoms with E-state index in [1.165, 1.54) is 0 Å². The van der Waals surface area contributed by atoms with Crippen LogP contribution in [-0.2, 0) is 4.79 Å². The number of aryl methyl sites for hydroxylation is 1. The van der Waals surface area contributed by atoms with Crippen molar-refractivity contribution in [2.75, 3.05) is 25.1 Å². The second kappa shape index (κ2) is 7.86. The maximum atomic E-state index is 11.2. The Morgan fingerprint density at radius 1 is 1.21 bits per heavy atom. The average Bonchev–Trinajstić information content (AvgIpc) is 3.24. The van der Waals surface area contributed by atoms with Gasteiger partial charge in [-0.1, -0.05) is 5.16 Å². The van der Waals surface area contributed by atoms with Crippen LogP contribution in [0, 0.1) is 12.8 Å². The van der Waals surface area contributed by atoms with Crippen LogP contribution in [0.5, 0.6) is 5.75 Å². The molecular weight excluding hydrogens is 374 g/mol. The van der Waals surface area contributed by atoms with Crippen LogP contribution in [0.15, 0.2) is 35.0 Å². The molecule has 1 aliphatic heterocycles.